The Hall–Kier alpha value is -1.35. The molecule has 0 saturated carbocycles. The second-order valence-corrected chi connectivity index (χ2v) is 5.61. The third-order valence-electron chi connectivity index (χ3n) is 4.00. The highest BCUT2D eigenvalue weighted by Gasteiger charge is 2.25. The van der Waals surface area contributed by atoms with Gasteiger partial charge >= 0.3 is 5.97 Å². The predicted molar refractivity (Wildman–Crippen MR) is 76.6 cm³/mol. The monoisotopic (exact) mass is 261 g/mol. The van der Waals surface area contributed by atoms with Crippen LogP contribution in [0.1, 0.15) is 41.9 Å². The van der Waals surface area contributed by atoms with Gasteiger partial charge in [0.05, 0.1) is 5.92 Å². The molecule has 1 N–H and O–H groups in total. The number of likely N-dealkylation sites (tertiary alicyclic amines) is 1. The maximum absolute atomic E-state index is 11.6. The van der Waals surface area contributed by atoms with Gasteiger partial charge in [0.2, 0.25) is 0 Å². The van der Waals surface area contributed by atoms with Crippen LogP contribution in [0, 0.1) is 13.8 Å². The SMILES string of the molecule is Cc1ccc(C)c(C(CN2CCCCC2)C(=O)O)c1. The number of aliphatic carboxylic acids is 1. The summed E-state index contributed by atoms with van der Waals surface area (Å²) < 4.78 is 0. The van der Waals surface area contributed by atoms with Crippen molar-refractivity contribution in [1.82, 2.24) is 4.90 Å². The van der Waals surface area contributed by atoms with Crippen LogP contribution in [0.15, 0.2) is 18.2 Å². The summed E-state index contributed by atoms with van der Waals surface area (Å²) in [7, 11) is 0. The van der Waals surface area contributed by atoms with Crippen molar-refractivity contribution < 1.29 is 9.90 Å². The van der Waals surface area contributed by atoms with E-state index in [0.29, 0.717) is 6.54 Å². The van der Waals surface area contributed by atoms with Gasteiger partial charge in [-0.05, 0) is 50.9 Å². The molecule has 0 radical (unpaired) electrons. The van der Waals surface area contributed by atoms with Crippen molar-refractivity contribution in [2.45, 2.75) is 39.0 Å². The first kappa shape index (κ1) is 14.1. The van der Waals surface area contributed by atoms with Crippen molar-refractivity contribution in [3.63, 3.8) is 0 Å². The molecule has 0 aromatic heterocycles. The van der Waals surface area contributed by atoms with Gasteiger partial charge in [0.1, 0.15) is 0 Å². The zero-order chi connectivity index (χ0) is 13.8. The molecule has 1 aliphatic rings. The maximum Gasteiger partial charge on any atom is 0.312 e. The van der Waals surface area contributed by atoms with Crippen molar-refractivity contribution in [3.05, 3.63) is 34.9 Å². The molecule has 1 aliphatic heterocycles. The van der Waals surface area contributed by atoms with Gasteiger partial charge < -0.3 is 10.0 Å². The van der Waals surface area contributed by atoms with Crippen molar-refractivity contribution in [2.75, 3.05) is 19.6 Å². The third-order valence-corrected chi connectivity index (χ3v) is 4.00. The molecule has 2 rings (SSSR count). The van der Waals surface area contributed by atoms with Crippen LogP contribution in [0.3, 0.4) is 0 Å². The molecule has 0 bridgehead atoms. The fourth-order valence-corrected chi connectivity index (χ4v) is 2.84. The van der Waals surface area contributed by atoms with Gasteiger partial charge in [0.15, 0.2) is 0 Å². The topological polar surface area (TPSA) is 40.5 Å². The van der Waals surface area contributed by atoms with Crippen LogP contribution in [0.4, 0.5) is 0 Å². The van der Waals surface area contributed by atoms with E-state index in [2.05, 4.69) is 4.90 Å². The lowest BCUT2D eigenvalue weighted by Gasteiger charge is -2.29. The zero-order valence-electron chi connectivity index (χ0n) is 11.9. The lowest BCUT2D eigenvalue weighted by Crippen LogP contribution is -2.36. The Kier molecular flexibility index (Phi) is 4.59. The zero-order valence-corrected chi connectivity index (χ0v) is 11.9. The summed E-state index contributed by atoms with van der Waals surface area (Å²) in [5.74, 6) is -1.11. The van der Waals surface area contributed by atoms with E-state index >= 15 is 0 Å². The number of benzene rings is 1. The highest BCUT2D eigenvalue weighted by molar-refractivity contribution is 5.77. The molecule has 1 atom stereocenters. The molecule has 3 heteroatoms. The van der Waals surface area contributed by atoms with Crippen molar-refractivity contribution >= 4 is 5.97 Å². The standard InChI is InChI=1S/C16H23NO2/c1-12-6-7-13(2)14(10-12)15(16(18)19)11-17-8-4-3-5-9-17/h6-7,10,15H,3-5,8-9,11H2,1-2H3,(H,18,19). The molecule has 0 aliphatic carbocycles. The number of carbonyl (C=O) groups is 1. The summed E-state index contributed by atoms with van der Waals surface area (Å²) in [5.41, 5.74) is 3.18. The van der Waals surface area contributed by atoms with Gasteiger partial charge in [0.25, 0.3) is 0 Å². The van der Waals surface area contributed by atoms with E-state index in [1.807, 2.05) is 32.0 Å². The summed E-state index contributed by atoms with van der Waals surface area (Å²) in [6.45, 7) is 6.73. The molecular formula is C16H23NO2. The number of carboxylic acid groups (broad SMARTS) is 1. The number of nitrogens with zero attached hydrogens (tertiary/aromatic N) is 1. The third kappa shape index (κ3) is 3.57. The van der Waals surface area contributed by atoms with Gasteiger partial charge in [-0.1, -0.05) is 30.2 Å². The molecule has 19 heavy (non-hydrogen) atoms. The van der Waals surface area contributed by atoms with Gasteiger partial charge in [-0.3, -0.25) is 4.79 Å². The molecule has 1 heterocycles. The van der Waals surface area contributed by atoms with Crippen molar-refractivity contribution in [3.8, 4) is 0 Å². The number of aryl methyl sites for hydroxylation is 2. The Bertz CT molecular complexity index is 450. The van der Waals surface area contributed by atoms with E-state index < -0.39 is 11.9 Å². The summed E-state index contributed by atoms with van der Waals surface area (Å²) in [6.07, 6.45) is 3.66. The summed E-state index contributed by atoms with van der Waals surface area (Å²) in [6, 6.07) is 6.09. The first-order valence-corrected chi connectivity index (χ1v) is 7.10. The fourth-order valence-electron chi connectivity index (χ4n) is 2.84. The lowest BCUT2D eigenvalue weighted by atomic mass is 9.92. The van der Waals surface area contributed by atoms with Gasteiger partial charge in [-0.25, -0.2) is 0 Å². The lowest BCUT2D eigenvalue weighted by molar-refractivity contribution is -0.139. The molecule has 1 saturated heterocycles. The van der Waals surface area contributed by atoms with Gasteiger partial charge in [-0.15, -0.1) is 0 Å². The molecular weight excluding hydrogens is 238 g/mol. The van der Waals surface area contributed by atoms with E-state index in [-0.39, 0.29) is 0 Å². The summed E-state index contributed by atoms with van der Waals surface area (Å²) in [4.78, 5) is 13.9. The Morgan fingerprint density at radius 1 is 1.26 bits per heavy atom. The number of carboxylic acids is 1. The van der Waals surface area contributed by atoms with E-state index in [1.165, 1.54) is 19.3 Å². The number of hydrogen-bond donors (Lipinski definition) is 1. The second-order valence-electron chi connectivity index (χ2n) is 5.61. The number of piperidine rings is 1. The average Bonchev–Trinajstić information content (AvgIpc) is 2.40. The van der Waals surface area contributed by atoms with Gasteiger partial charge in [0, 0.05) is 6.54 Å². The number of hydrogen-bond acceptors (Lipinski definition) is 2. The minimum Gasteiger partial charge on any atom is -0.481 e. The molecule has 1 aromatic rings. The highest BCUT2D eigenvalue weighted by atomic mass is 16.4. The first-order chi connectivity index (χ1) is 9.08. The molecule has 104 valence electrons. The largest absolute Gasteiger partial charge is 0.481 e. The van der Waals surface area contributed by atoms with E-state index in [1.54, 1.807) is 0 Å². The van der Waals surface area contributed by atoms with Crippen LogP contribution >= 0.6 is 0 Å². The smallest absolute Gasteiger partial charge is 0.312 e. The molecule has 0 amide bonds. The molecule has 1 unspecified atom stereocenters. The van der Waals surface area contributed by atoms with Crippen molar-refractivity contribution in [1.29, 1.82) is 0 Å². The Morgan fingerprint density at radius 3 is 2.58 bits per heavy atom. The Morgan fingerprint density at radius 2 is 1.95 bits per heavy atom. The fraction of sp³-hybridized carbons (Fsp3) is 0.562. The number of rotatable bonds is 4. The maximum atomic E-state index is 11.6. The molecule has 0 spiro atoms. The quantitative estimate of drug-likeness (QED) is 0.906. The van der Waals surface area contributed by atoms with Gasteiger partial charge in [-0.2, -0.15) is 0 Å². The van der Waals surface area contributed by atoms with E-state index in [9.17, 15) is 9.90 Å². The predicted octanol–water partition coefficient (Wildman–Crippen LogP) is 2.96. The molecule has 1 fully saturated rings. The van der Waals surface area contributed by atoms with E-state index in [4.69, 9.17) is 0 Å². The minimum atomic E-state index is -0.709. The summed E-state index contributed by atoms with van der Waals surface area (Å²) >= 11 is 0. The Balaban J connectivity index is 2.19. The molecule has 3 nitrogen and oxygen atoms in total. The van der Waals surface area contributed by atoms with Crippen LogP contribution in [-0.4, -0.2) is 35.6 Å². The van der Waals surface area contributed by atoms with Crippen LogP contribution in [0.5, 0.6) is 0 Å². The highest BCUT2D eigenvalue weighted by Crippen LogP contribution is 2.24. The summed E-state index contributed by atoms with van der Waals surface area (Å²) in [5, 5.41) is 9.55. The Labute approximate surface area is 115 Å². The van der Waals surface area contributed by atoms with E-state index in [0.717, 1.165) is 29.8 Å². The van der Waals surface area contributed by atoms with Crippen LogP contribution in [0.25, 0.3) is 0 Å². The minimum absolute atomic E-state index is 0.405. The van der Waals surface area contributed by atoms with Crippen LogP contribution < -0.4 is 0 Å². The van der Waals surface area contributed by atoms with Crippen LogP contribution in [0.2, 0.25) is 0 Å². The van der Waals surface area contributed by atoms with Crippen molar-refractivity contribution in [2.24, 2.45) is 0 Å². The second kappa shape index (κ2) is 6.20. The molecule has 1 aromatic carbocycles. The first-order valence-electron chi connectivity index (χ1n) is 7.10. The normalized spacial score (nSPS) is 18.2. The average molecular weight is 261 g/mol. The van der Waals surface area contributed by atoms with Crippen LogP contribution in [-0.2, 0) is 4.79 Å².